The Morgan fingerprint density at radius 1 is 0.840 bits per heavy atom. The van der Waals surface area contributed by atoms with Gasteiger partial charge in [-0.3, -0.25) is 0 Å². The van der Waals surface area contributed by atoms with E-state index in [1.54, 1.807) is 0 Å². The van der Waals surface area contributed by atoms with Gasteiger partial charge >= 0.3 is 0 Å². The van der Waals surface area contributed by atoms with Crippen molar-refractivity contribution >= 4 is 27.0 Å². The van der Waals surface area contributed by atoms with Gasteiger partial charge in [0.1, 0.15) is 0 Å². The molecule has 1 unspecified atom stereocenters. The van der Waals surface area contributed by atoms with Crippen molar-refractivity contribution < 1.29 is 0 Å². The van der Waals surface area contributed by atoms with Gasteiger partial charge in [-0.05, 0) is 61.8 Å². The molecule has 0 aromatic heterocycles. The Hall–Kier alpha value is 0.620. The molecular weight excluding hydrogens is 344 g/mol. The molecule has 0 aromatic carbocycles. The molecule has 4 fully saturated rings. The normalized spacial score (nSPS) is 31.2. The largest absolute Gasteiger partial charge is 0.315 e. The number of fused-ring (bicyclic) bond motifs is 2. The molecule has 25 heavy (non-hydrogen) atoms. The molecule has 0 amide bonds. The fraction of sp³-hybridized carbons (Fsp3) is 1.00. The van der Waals surface area contributed by atoms with Gasteiger partial charge in [0, 0.05) is 19.1 Å². The number of nitrogens with one attached hydrogen (secondary N) is 2. The predicted molar refractivity (Wildman–Crippen MR) is 123 cm³/mol. The van der Waals surface area contributed by atoms with Crippen LogP contribution in [0.1, 0.15) is 85.5 Å². The summed E-state index contributed by atoms with van der Waals surface area (Å²) in [5, 5.41) is 7.55. The van der Waals surface area contributed by atoms with Crippen LogP contribution in [0.4, 0.5) is 0 Å². The highest BCUT2D eigenvalue weighted by atomic mass is 32.1. The first-order valence-electron chi connectivity index (χ1n) is 10.1. The minimum atomic E-state index is 0. The van der Waals surface area contributed by atoms with Gasteiger partial charge in [0.2, 0.25) is 0 Å². The van der Waals surface area contributed by atoms with E-state index in [1.807, 2.05) is 0 Å². The fourth-order valence-corrected chi connectivity index (χ4v) is 5.52. The smallest absolute Gasteiger partial charge is 0.00793 e. The second-order valence-corrected chi connectivity index (χ2v) is 8.90. The molecule has 0 spiro atoms. The third-order valence-corrected chi connectivity index (χ3v) is 7.25. The Balaban J connectivity index is 0.00000192. The van der Waals surface area contributed by atoms with Crippen LogP contribution in [0.2, 0.25) is 0 Å². The van der Waals surface area contributed by atoms with Crippen molar-refractivity contribution in [1.82, 2.24) is 10.6 Å². The molecule has 0 aliphatic heterocycles. The molecule has 0 aromatic rings. The highest BCUT2D eigenvalue weighted by molar-refractivity contribution is 7.59. The Kier molecular flexibility index (Phi) is 12.5. The van der Waals surface area contributed by atoms with Crippen molar-refractivity contribution in [2.24, 2.45) is 23.2 Å². The van der Waals surface area contributed by atoms with Gasteiger partial charge in [-0.25, -0.2) is 0 Å². The molecule has 0 radical (unpaired) electrons. The first-order chi connectivity index (χ1) is 10.7. The van der Waals surface area contributed by atoms with Crippen molar-refractivity contribution in [3.05, 3.63) is 0 Å². The lowest BCUT2D eigenvalue weighted by molar-refractivity contribution is -0.103. The molecule has 0 heterocycles. The van der Waals surface area contributed by atoms with E-state index < -0.39 is 0 Å². The lowest BCUT2D eigenvalue weighted by Crippen LogP contribution is -2.54. The average Bonchev–Trinajstić information content (AvgIpc) is 2.48. The van der Waals surface area contributed by atoms with Crippen LogP contribution in [-0.2, 0) is 0 Å². The van der Waals surface area contributed by atoms with Crippen LogP contribution >= 0.6 is 27.0 Å². The minimum Gasteiger partial charge on any atom is -0.315 e. The summed E-state index contributed by atoms with van der Waals surface area (Å²) < 4.78 is 0. The summed E-state index contributed by atoms with van der Waals surface area (Å²) in [6, 6.07) is 0.795. The van der Waals surface area contributed by atoms with E-state index in [-0.39, 0.29) is 34.4 Å². The maximum atomic E-state index is 3.80. The monoisotopic (exact) mass is 390 g/mol. The summed E-state index contributed by atoms with van der Waals surface area (Å²) in [7, 11) is 0. The molecule has 0 saturated heterocycles. The van der Waals surface area contributed by atoms with Crippen LogP contribution in [0.25, 0.3) is 0 Å². The van der Waals surface area contributed by atoms with Crippen LogP contribution in [0.15, 0.2) is 0 Å². The molecular formula is C21H46N2S2. The number of hydrogen-bond acceptors (Lipinski definition) is 2. The van der Waals surface area contributed by atoms with Crippen molar-refractivity contribution in [3.63, 3.8) is 0 Å². The SMILES string of the molecule is C.CC1(C)C2CC[C@@H](CNCCNC3CCCCCCC3)[C@@H]1C2.S.S. The molecule has 4 heteroatoms. The quantitative estimate of drug-likeness (QED) is 0.608. The molecule has 2 bridgehead atoms. The maximum absolute atomic E-state index is 3.80. The van der Waals surface area contributed by atoms with Crippen molar-refractivity contribution in [2.75, 3.05) is 19.6 Å². The summed E-state index contributed by atoms with van der Waals surface area (Å²) in [6.07, 6.45) is 14.5. The Bertz CT molecular complexity index is 339. The van der Waals surface area contributed by atoms with Crippen molar-refractivity contribution in [1.29, 1.82) is 0 Å². The van der Waals surface area contributed by atoms with Crippen molar-refractivity contribution in [3.8, 4) is 0 Å². The summed E-state index contributed by atoms with van der Waals surface area (Å²) in [6.45, 7) is 8.59. The highest BCUT2D eigenvalue weighted by Gasteiger charge is 2.53. The fourth-order valence-electron chi connectivity index (χ4n) is 5.52. The van der Waals surface area contributed by atoms with Gasteiger partial charge in [0.05, 0.1) is 0 Å². The standard InChI is InChI=1S/C20H38N2.CH4.2H2S/c1-20(2)17-11-10-16(19(20)14-17)15-21-12-13-22-18-8-6-4-3-5-7-9-18;;;/h16-19,21-22H,3-15H2,1-2H3;1H4;2*1H2/t16-,17?,19-;;;/m0.../s1. The Labute approximate surface area is 172 Å². The zero-order chi connectivity index (χ0) is 15.4. The molecule has 4 aliphatic rings. The van der Waals surface area contributed by atoms with E-state index in [4.69, 9.17) is 0 Å². The molecule has 4 rings (SSSR count). The van der Waals surface area contributed by atoms with Gasteiger partial charge in [-0.2, -0.15) is 27.0 Å². The maximum Gasteiger partial charge on any atom is 0.00793 e. The Morgan fingerprint density at radius 2 is 1.48 bits per heavy atom. The highest BCUT2D eigenvalue weighted by Crippen LogP contribution is 2.61. The van der Waals surface area contributed by atoms with E-state index in [0.29, 0.717) is 5.41 Å². The minimum absolute atomic E-state index is 0. The van der Waals surface area contributed by atoms with Crippen LogP contribution in [0, 0.1) is 23.2 Å². The summed E-state index contributed by atoms with van der Waals surface area (Å²) in [4.78, 5) is 0. The Morgan fingerprint density at radius 3 is 2.08 bits per heavy atom. The van der Waals surface area contributed by atoms with Gasteiger partial charge in [0.25, 0.3) is 0 Å². The van der Waals surface area contributed by atoms with Crippen LogP contribution < -0.4 is 10.6 Å². The van der Waals surface area contributed by atoms with E-state index in [9.17, 15) is 0 Å². The van der Waals surface area contributed by atoms with E-state index >= 15 is 0 Å². The molecule has 3 atom stereocenters. The molecule has 4 aliphatic carbocycles. The molecule has 152 valence electrons. The van der Waals surface area contributed by atoms with Crippen LogP contribution in [0.5, 0.6) is 0 Å². The second kappa shape index (κ2) is 12.2. The van der Waals surface area contributed by atoms with Gasteiger partial charge in [0.15, 0.2) is 0 Å². The zero-order valence-corrected chi connectivity index (χ0v) is 18.0. The topological polar surface area (TPSA) is 24.1 Å². The zero-order valence-electron chi connectivity index (χ0n) is 16.0. The average molecular weight is 391 g/mol. The van der Waals surface area contributed by atoms with Crippen LogP contribution in [0.3, 0.4) is 0 Å². The first-order valence-corrected chi connectivity index (χ1v) is 10.1. The molecule has 4 saturated carbocycles. The predicted octanol–water partition coefficient (Wildman–Crippen LogP) is 5.21. The summed E-state index contributed by atoms with van der Waals surface area (Å²) in [5.41, 5.74) is 0.641. The number of hydrogen-bond donors (Lipinski definition) is 2. The second-order valence-electron chi connectivity index (χ2n) is 8.90. The van der Waals surface area contributed by atoms with E-state index in [1.165, 1.54) is 70.8 Å². The van der Waals surface area contributed by atoms with E-state index in [2.05, 4.69) is 24.5 Å². The van der Waals surface area contributed by atoms with Gasteiger partial charge in [-0.15, -0.1) is 0 Å². The molecule has 2 N–H and O–H groups in total. The summed E-state index contributed by atoms with van der Waals surface area (Å²) in [5.74, 6) is 2.98. The van der Waals surface area contributed by atoms with Gasteiger partial charge in [-0.1, -0.05) is 53.4 Å². The van der Waals surface area contributed by atoms with E-state index in [0.717, 1.165) is 36.9 Å². The molecule has 2 nitrogen and oxygen atoms in total. The van der Waals surface area contributed by atoms with Gasteiger partial charge < -0.3 is 10.6 Å². The third kappa shape index (κ3) is 6.62. The lowest BCUT2D eigenvalue weighted by Gasteiger charge is -2.60. The number of rotatable bonds is 6. The van der Waals surface area contributed by atoms with Crippen molar-refractivity contribution in [2.45, 2.75) is 91.5 Å². The van der Waals surface area contributed by atoms with Crippen LogP contribution in [-0.4, -0.2) is 25.7 Å². The summed E-state index contributed by atoms with van der Waals surface area (Å²) >= 11 is 0. The lowest BCUT2D eigenvalue weighted by atomic mass is 9.45. The third-order valence-electron chi connectivity index (χ3n) is 7.25. The first kappa shape index (κ1) is 25.6.